The van der Waals surface area contributed by atoms with Crippen molar-refractivity contribution in [1.29, 1.82) is 0 Å². The van der Waals surface area contributed by atoms with Gasteiger partial charge in [-0.25, -0.2) is 4.68 Å². The number of nitrogens with zero attached hydrogens (tertiary/aromatic N) is 5. The van der Waals surface area contributed by atoms with Gasteiger partial charge in [-0.1, -0.05) is 35.9 Å². The molecule has 5 aromatic rings. The number of pyridine rings is 1. The lowest BCUT2D eigenvalue weighted by Crippen LogP contribution is -2.01. The molecule has 30 heavy (non-hydrogen) atoms. The van der Waals surface area contributed by atoms with Gasteiger partial charge >= 0.3 is 0 Å². The third-order valence-corrected chi connectivity index (χ3v) is 5.15. The van der Waals surface area contributed by atoms with Gasteiger partial charge in [0.25, 0.3) is 0 Å². The molecule has 146 valence electrons. The summed E-state index contributed by atoms with van der Waals surface area (Å²) in [5.41, 5.74) is 5.77. The maximum Gasteiger partial charge on any atom is 0.200 e. The van der Waals surface area contributed by atoms with Crippen LogP contribution in [-0.4, -0.2) is 29.5 Å². The van der Waals surface area contributed by atoms with Crippen LogP contribution in [0.5, 0.6) is 0 Å². The number of aromatic nitrogens is 6. The Labute approximate surface area is 178 Å². The molecule has 0 amide bonds. The molecule has 0 spiro atoms. The highest BCUT2D eigenvalue weighted by molar-refractivity contribution is 7.71. The van der Waals surface area contributed by atoms with Crippen molar-refractivity contribution in [3.05, 3.63) is 95.5 Å². The van der Waals surface area contributed by atoms with Crippen LogP contribution < -0.4 is 0 Å². The summed E-state index contributed by atoms with van der Waals surface area (Å²) in [6.45, 7) is 2.06. The lowest BCUT2D eigenvalue weighted by Gasteiger charge is -2.07. The van der Waals surface area contributed by atoms with Crippen LogP contribution in [0, 0.1) is 11.7 Å². The van der Waals surface area contributed by atoms with Gasteiger partial charge in [-0.2, -0.15) is 10.2 Å². The molecule has 7 heteroatoms. The van der Waals surface area contributed by atoms with Crippen LogP contribution in [0.3, 0.4) is 0 Å². The minimum Gasteiger partial charge on any atom is -0.267 e. The van der Waals surface area contributed by atoms with Crippen LogP contribution in [-0.2, 0) is 0 Å². The Hall–Kier alpha value is -3.84. The van der Waals surface area contributed by atoms with Gasteiger partial charge in [0, 0.05) is 18.0 Å². The maximum absolute atomic E-state index is 5.52. The van der Waals surface area contributed by atoms with E-state index in [1.54, 1.807) is 12.4 Å². The van der Waals surface area contributed by atoms with Crippen molar-refractivity contribution in [2.75, 3.05) is 0 Å². The second-order valence-corrected chi connectivity index (χ2v) is 7.31. The summed E-state index contributed by atoms with van der Waals surface area (Å²) in [6.07, 6.45) is 3.55. The van der Waals surface area contributed by atoms with E-state index in [0.29, 0.717) is 10.6 Å². The Morgan fingerprint density at radius 1 is 0.867 bits per heavy atom. The summed E-state index contributed by atoms with van der Waals surface area (Å²) in [5.74, 6) is 0.661. The standard InChI is InChI=1S/C23H18N6S/c1-16-7-9-18(10-8-16)28-22(25-26-23(28)30)20-15-21(17-11-13-24-14-12-17)29(27-20)19-5-3-2-4-6-19/h2-15H,1H3,(H,26,30). The molecule has 6 nitrogen and oxygen atoms in total. The first kappa shape index (κ1) is 18.2. The molecule has 0 aliphatic carbocycles. The Morgan fingerprint density at radius 2 is 1.60 bits per heavy atom. The first-order chi connectivity index (χ1) is 14.7. The number of rotatable bonds is 4. The number of H-pyrrole nitrogens is 1. The number of hydrogen-bond donors (Lipinski definition) is 1. The molecule has 0 bridgehead atoms. The van der Waals surface area contributed by atoms with Gasteiger partial charge in [0.2, 0.25) is 0 Å². The maximum atomic E-state index is 5.52. The van der Waals surface area contributed by atoms with Crippen molar-refractivity contribution in [3.63, 3.8) is 0 Å². The number of aryl methyl sites for hydroxylation is 1. The van der Waals surface area contributed by atoms with E-state index in [0.717, 1.165) is 28.3 Å². The van der Waals surface area contributed by atoms with Crippen LogP contribution in [0.15, 0.2) is 85.2 Å². The second-order valence-electron chi connectivity index (χ2n) is 6.92. The molecule has 0 unspecified atom stereocenters. The molecule has 2 aromatic carbocycles. The Kier molecular flexibility index (Phi) is 4.57. The molecule has 3 heterocycles. The lowest BCUT2D eigenvalue weighted by atomic mass is 10.1. The van der Waals surface area contributed by atoms with Gasteiger partial charge in [-0.15, -0.1) is 0 Å². The molecule has 1 N–H and O–H groups in total. The molecule has 0 fully saturated rings. The van der Waals surface area contributed by atoms with Gasteiger partial charge in [0.1, 0.15) is 5.69 Å². The van der Waals surface area contributed by atoms with E-state index in [1.807, 2.05) is 69.9 Å². The van der Waals surface area contributed by atoms with Crippen molar-refractivity contribution in [2.45, 2.75) is 6.92 Å². The van der Waals surface area contributed by atoms with Crippen LogP contribution in [0.4, 0.5) is 0 Å². The molecule has 5 rings (SSSR count). The summed E-state index contributed by atoms with van der Waals surface area (Å²) in [5, 5.41) is 12.3. The van der Waals surface area contributed by atoms with Crippen molar-refractivity contribution in [1.82, 2.24) is 29.5 Å². The highest BCUT2D eigenvalue weighted by Gasteiger charge is 2.18. The zero-order valence-electron chi connectivity index (χ0n) is 16.2. The summed E-state index contributed by atoms with van der Waals surface area (Å²) >= 11 is 5.52. The van der Waals surface area contributed by atoms with Crippen molar-refractivity contribution < 1.29 is 0 Å². The van der Waals surface area contributed by atoms with Crippen LogP contribution in [0.25, 0.3) is 34.2 Å². The fourth-order valence-corrected chi connectivity index (χ4v) is 3.62. The number of benzene rings is 2. The molecule has 0 aliphatic heterocycles. The van der Waals surface area contributed by atoms with E-state index >= 15 is 0 Å². The molecular formula is C23H18N6S. The zero-order valence-corrected chi connectivity index (χ0v) is 17.0. The smallest absolute Gasteiger partial charge is 0.200 e. The third-order valence-electron chi connectivity index (χ3n) is 4.88. The fraction of sp³-hybridized carbons (Fsp3) is 0.0435. The fourth-order valence-electron chi connectivity index (χ4n) is 3.39. The van der Waals surface area contributed by atoms with E-state index in [2.05, 4.69) is 34.2 Å². The van der Waals surface area contributed by atoms with Gasteiger partial charge in [0.15, 0.2) is 10.6 Å². The van der Waals surface area contributed by atoms with Crippen LogP contribution >= 0.6 is 12.2 Å². The van der Waals surface area contributed by atoms with E-state index in [1.165, 1.54) is 5.56 Å². The molecule has 0 saturated carbocycles. The average molecular weight is 411 g/mol. The summed E-state index contributed by atoms with van der Waals surface area (Å²) in [6, 6.07) is 24.2. The average Bonchev–Trinajstić information content (AvgIpc) is 3.40. The van der Waals surface area contributed by atoms with Crippen molar-refractivity contribution in [3.8, 4) is 34.2 Å². The highest BCUT2D eigenvalue weighted by Crippen LogP contribution is 2.29. The number of hydrogen-bond acceptors (Lipinski definition) is 4. The zero-order chi connectivity index (χ0) is 20.5. The van der Waals surface area contributed by atoms with E-state index < -0.39 is 0 Å². The third kappa shape index (κ3) is 3.25. The highest BCUT2D eigenvalue weighted by atomic mass is 32.1. The van der Waals surface area contributed by atoms with E-state index in [-0.39, 0.29) is 0 Å². The number of aromatic amines is 1. The SMILES string of the molecule is Cc1ccc(-n2c(-c3cc(-c4ccncc4)n(-c4ccccc4)n3)n[nH]c2=S)cc1. The van der Waals surface area contributed by atoms with Gasteiger partial charge in [-0.05, 0) is 61.6 Å². The van der Waals surface area contributed by atoms with Crippen molar-refractivity contribution in [2.24, 2.45) is 0 Å². The second kappa shape index (κ2) is 7.53. The minimum absolute atomic E-state index is 0.522. The number of nitrogens with one attached hydrogen (secondary N) is 1. The monoisotopic (exact) mass is 410 g/mol. The Bertz CT molecular complexity index is 1290. The summed E-state index contributed by atoms with van der Waals surface area (Å²) in [7, 11) is 0. The number of para-hydroxylation sites is 1. The quantitative estimate of drug-likeness (QED) is 0.416. The van der Waals surface area contributed by atoms with Gasteiger partial charge < -0.3 is 0 Å². The predicted molar refractivity (Wildman–Crippen MR) is 119 cm³/mol. The molecular weight excluding hydrogens is 392 g/mol. The normalized spacial score (nSPS) is 11.0. The van der Waals surface area contributed by atoms with E-state index in [9.17, 15) is 0 Å². The molecule has 0 aliphatic rings. The summed E-state index contributed by atoms with van der Waals surface area (Å²) < 4.78 is 4.35. The van der Waals surface area contributed by atoms with Crippen LogP contribution in [0.1, 0.15) is 5.56 Å². The largest absolute Gasteiger partial charge is 0.267 e. The Balaban J connectivity index is 1.71. The topological polar surface area (TPSA) is 64.3 Å². The first-order valence-electron chi connectivity index (χ1n) is 9.51. The Morgan fingerprint density at radius 3 is 2.33 bits per heavy atom. The van der Waals surface area contributed by atoms with Gasteiger partial charge in [-0.3, -0.25) is 14.6 Å². The predicted octanol–water partition coefficient (Wildman–Crippen LogP) is 5.15. The van der Waals surface area contributed by atoms with Crippen LogP contribution in [0.2, 0.25) is 0 Å². The first-order valence-corrected chi connectivity index (χ1v) is 9.92. The van der Waals surface area contributed by atoms with Gasteiger partial charge in [0.05, 0.1) is 17.1 Å². The summed E-state index contributed by atoms with van der Waals surface area (Å²) in [4.78, 5) is 4.14. The van der Waals surface area contributed by atoms with Crippen molar-refractivity contribution >= 4 is 12.2 Å². The molecule has 0 atom stereocenters. The molecule has 3 aromatic heterocycles. The molecule has 0 radical (unpaired) electrons. The molecule has 0 saturated heterocycles. The lowest BCUT2D eigenvalue weighted by molar-refractivity contribution is 0.882. The van der Waals surface area contributed by atoms with E-state index in [4.69, 9.17) is 17.3 Å². The minimum atomic E-state index is 0.522.